The summed E-state index contributed by atoms with van der Waals surface area (Å²) in [6.45, 7) is 7.21. The zero-order chi connectivity index (χ0) is 12.0. The molecule has 0 fully saturated rings. The van der Waals surface area contributed by atoms with Crippen LogP contribution in [0.3, 0.4) is 0 Å². The van der Waals surface area contributed by atoms with Gasteiger partial charge in [0.05, 0.1) is 0 Å². The molecule has 0 aromatic heterocycles. The first kappa shape index (κ1) is 13.2. The molecule has 0 spiro atoms. The molecule has 1 atom stereocenters. The highest BCUT2D eigenvalue weighted by Gasteiger charge is 2.13. The van der Waals surface area contributed by atoms with E-state index in [-0.39, 0.29) is 11.9 Å². The van der Waals surface area contributed by atoms with Gasteiger partial charge in [0.25, 0.3) is 0 Å². The third-order valence-electron chi connectivity index (χ3n) is 2.75. The lowest BCUT2D eigenvalue weighted by Gasteiger charge is -2.19. The quantitative estimate of drug-likeness (QED) is 0.769. The van der Waals surface area contributed by atoms with Gasteiger partial charge in [-0.2, -0.15) is 0 Å². The van der Waals surface area contributed by atoms with E-state index >= 15 is 0 Å². The first-order chi connectivity index (χ1) is 7.69. The Balaban J connectivity index is 2.85. The number of aryl methyl sites for hydroxylation is 1. The van der Waals surface area contributed by atoms with E-state index in [1.54, 1.807) is 6.07 Å². The fourth-order valence-corrected chi connectivity index (χ4v) is 1.90. The minimum atomic E-state index is -0.0901. The topological polar surface area (TPSA) is 12.0 Å². The second-order valence-corrected chi connectivity index (χ2v) is 4.32. The first-order valence-corrected chi connectivity index (χ1v) is 6.18. The average Bonchev–Trinajstić information content (AvgIpc) is 2.28. The van der Waals surface area contributed by atoms with Crippen molar-refractivity contribution in [2.45, 2.75) is 46.1 Å². The van der Waals surface area contributed by atoms with Crippen molar-refractivity contribution in [2.75, 3.05) is 6.54 Å². The highest BCUT2D eigenvalue weighted by molar-refractivity contribution is 5.26. The third-order valence-corrected chi connectivity index (χ3v) is 2.75. The second-order valence-electron chi connectivity index (χ2n) is 4.32. The molecule has 1 aromatic rings. The van der Waals surface area contributed by atoms with Gasteiger partial charge in [-0.15, -0.1) is 0 Å². The summed E-state index contributed by atoms with van der Waals surface area (Å²) in [6, 6.07) is 5.51. The number of rotatable bonds is 6. The standard InChI is InChI=1S/C14H22FN/c1-4-6-14(16-9-5-2)12-10-11(3)7-8-13(12)15/h7-8,10,14,16H,4-6,9H2,1-3H3. The molecule has 1 rings (SSSR count). The molecule has 0 bridgehead atoms. The van der Waals surface area contributed by atoms with Crippen molar-refractivity contribution in [2.24, 2.45) is 0 Å². The summed E-state index contributed by atoms with van der Waals surface area (Å²) in [4.78, 5) is 0. The molecule has 1 nitrogen and oxygen atoms in total. The van der Waals surface area contributed by atoms with Gasteiger partial charge in [-0.05, 0) is 32.4 Å². The van der Waals surface area contributed by atoms with Gasteiger partial charge < -0.3 is 5.32 Å². The van der Waals surface area contributed by atoms with Crippen molar-refractivity contribution >= 4 is 0 Å². The van der Waals surface area contributed by atoms with E-state index in [0.717, 1.165) is 36.9 Å². The highest BCUT2D eigenvalue weighted by atomic mass is 19.1. The monoisotopic (exact) mass is 223 g/mol. The van der Waals surface area contributed by atoms with Crippen molar-refractivity contribution in [3.63, 3.8) is 0 Å². The Kier molecular flexibility index (Phi) is 5.47. The summed E-state index contributed by atoms with van der Waals surface area (Å²) in [6.07, 6.45) is 3.13. The zero-order valence-corrected chi connectivity index (χ0v) is 10.5. The molecule has 1 N–H and O–H groups in total. The molecule has 0 aliphatic carbocycles. The molecule has 1 aromatic carbocycles. The van der Waals surface area contributed by atoms with Gasteiger partial charge in [-0.3, -0.25) is 0 Å². The smallest absolute Gasteiger partial charge is 0.127 e. The van der Waals surface area contributed by atoms with Crippen molar-refractivity contribution in [1.82, 2.24) is 5.32 Å². The Morgan fingerprint density at radius 2 is 2.00 bits per heavy atom. The normalized spacial score (nSPS) is 12.8. The van der Waals surface area contributed by atoms with Gasteiger partial charge in [0.2, 0.25) is 0 Å². The maximum absolute atomic E-state index is 13.7. The fraction of sp³-hybridized carbons (Fsp3) is 0.571. The molecule has 0 saturated carbocycles. The first-order valence-electron chi connectivity index (χ1n) is 6.18. The number of hydrogen-bond donors (Lipinski definition) is 1. The lowest BCUT2D eigenvalue weighted by Crippen LogP contribution is -2.23. The minimum absolute atomic E-state index is 0.0901. The van der Waals surface area contributed by atoms with Crippen LogP contribution in [-0.4, -0.2) is 6.54 Å². The lowest BCUT2D eigenvalue weighted by molar-refractivity contribution is 0.469. The summed E-state index contributed by atoms with van der Waals surface area (Å²) in [5, 5.41) is 3.41. The Morgan fingerprint density at radius 3 is 2.62 bits per heavy atom. The van der Waals surface area contributed by atoms with E-state index in [1.165, 1.54) is 0 Å². The summed E-state index contributed by atoms with van der Waals surface area (Å²) < 4.78 is 13.7. The molecule has 2 heteroatoms. The molecule has 90 valence electrons. The van der Waals surface area contributed by atoms with Crippen LogP contribution in [-0.2, 0) is 0 Å². The molecule has 0 aliphatic heterocycles. The summed E-state index contributed by atoms with van der Waals surface area (Å²) in [5.41, 5.74) is 1.94. The number of halogens is 1. The molecule has 0 radical (unpaired) electrons. The summed E-state index contributed by atoms with van der Waals surface area (Å²) in [5.74, 6) is -0.0901. The molecule has 1 unspecified atom stereocenters. The Labute approximate surface area is 98.1 Å². The number of nitrogens with one attached hydrogen (secondary N) is 1. The van der Waals surface area contributed by atoms with Crippen LogP contribution >= 0.6 is 0 Å². The van der Waals surface area contributed by atoms with Crippen molar-refractivity contribution in [3.8, 4) is 0 Å². The van der Waals surface area contributed by atoms with E-state index in [4.69, 9.17) is 0 Å². The Bertz CT molecular complexity index is 323. The van der Waals surface area contributed by atoms with Gasteiger partial charge in [0.15, 0.2) is 0 Å². The van der Waals surface area contributed by atoms with Gasteiger partial charge in [0.1, 0.15) is 5.82 Å². The van der Waals surface area contributed by atoms with Gasteiger partial charge in [-0.25, -0.2) is 4.39 Å². The van der Waals surface area contributed by atoms with E-state index in [0.29, 0.717) is 0 Å². The molecule has 0 saturated heterocycles. The lowest BCUT2D eigenvalue weighted by atomic mass is 9.99. The highest BCUT2D eigenvalue weighted by Crippen LogP contribution is 2.22. The van der Waals surface area contributed by atoms with Crippen LogP contribution in [0.1, 0.15) is 50.3 Å². The predicted molar refractivity (Wildman–Crippen MR) is 67.1 cm³/mol. The average molecular weight is 223 g/mol. The second kappa shape index (κ2) is 6.64. The Morgan fingerprint density at radius 1 is 1.25 bits per heavy atom. The van der Waals surface area contributed by atoms with Crippen LogP contribution in [0.2, 0.25) is 0 Å². The summed E-state index contributed by atoms with van der Waals surface area (Å²) >= 11 is 0. The molecule has 0 heterocycles. The van der Waals surface area contributed by atoms with Crippen molar-refractivity contribution in [3.05, 3.63) is 35.1 Å². The van der Waals surface area contributed by atoms with Crippen LogP contribution in [0.4, 0.5) is 4.39 Å². The fourth-order valence-electron chi connectivity index (χ4n) is 1.90. The van der Waals surface area contributed by atoms with Crippen LogP contribution in [0.25, 0.3) is 0 Å². The van der Waals surface area contributed by atoms with Crippen molar-refractivity contribution in [1.29, 1.82) is 0 Å². The van der Waals surface area contributed by atoms with E-state index in [2.05, 4.69) is 19.2 Å². The Hall–Kier alpha value is -0.890. The third kappa shape index (κ3) is 3.60. The number of hydrogen-bond acceptors (Lipinski definition) is 1. The molecule has 0 amide bonds. The van der Waals surface area contributed by atoms with Crippen LogP contribution < -0.4 is 5.32 Å². The van der Waals surface area contributed by atoms with E-state index in [1.807, 2.05) is 19.1 Å². The van der Waals surface area contributed by atoms with Crippen LogP contribution in [0, 0.1) is 12.7 Å². The van der Waals surface area contributed by atoms with E-state index in [9.17, 15) is 4.39 Å². The van der Waals surface area contributed by atoms with E-state index < -0.39 is 0 Å². The summed E-state index contributed by atoms with van der Waals surface area (Å²) in [7, 11) is 0. The zero-order valence-electron chi connectivity index (χ0n) is 10.5. The van der Waals surface area contributed by atoms with Crippen molar-refractivity contribution < 1.29 is 4.39 Å². The largest absolute Gasteiger partial charge is 0.310 e. The van der Waals surface area contributed by atoms with Crippen LogP contribution in [0.15, 0.2) is 18.2 Å². The molecule has 16 heavy (non-hydrogen) atoms. The van der Waals surface area contributed by atoms with Gasteiger partial charge in [0, 0.05) is 11.6 Å². The SMILES string of the molecule is CCCNC(CCC)c1cc(C)ccc1F. The minimum Gasteiger partial charge on any atom is -0.310 e. The predicted octanol–water partition coefficient (Wildman–Crippen LogP) is 3.97. The number of benzene rings is 1. The molecule has 0 aliphatic rings. The molecular weight excluding hydrogens is 201 g/mol. The van der Waals surface area contributed by atoms with Gasteiger partial charge >= 0.3 is 0 Å². The maximum atomic E-state index is 13.7. The van der Waals surface area contributed by atoms with Crippen LogP contribution in [0.5, 0.6) is 0 Å². The van der Waals surface area contributed by atoms with Gasteiger partial charge in [-0.1, -0.05) is 38.0 Å². The molecular formula is C14H22FN. The maximum Gasteiger partial charge on any atom is 0.127 e.